The van der Waals surface area contributed by atoms with Crippen LogP contribution >= 0.6 is 0 Å². The first-order valence-electron chi connectivity index (χ1n) is 19.9. The molecule has 5 aromatic carbocycles. The lowest BCUT2D eigenvalue weighted by molar-refractivity contribution is -0.253. The van der Waals surface area contributed by atoms with Gasteiger partial charge in [0.15, 0.2) is 6.29 Å². The molecule has 5 unspecified atom stereocenters. The van der Waals surface area contributed by atoms with Crippen molar-refractivity contribution >= 4 is 11.7 Å². The fraction of sp³-hybridized carbons (Fsp3) is 0.354. The largest absolute Gasteiger partial charge is 0.457 e. The molecule has 5 atom stereocenters. The van der Waals surface area contributed by atoms with Gasteiger partial charge >= 0.3 is 6.03 Å². The molecule has 0 radical (unpaired) electrons. The summed E-state index contributed by atoms with van der Waals surface area (Å²) < 4.78 is 19.5. The molecular formula is C48H53N3O5. The molecule has 3 aliphatic rings. The number of aliphatic hydroxyl groups excluding tert-OH is 1. The van der Waals surface area contributed by atoms with E-state index in [1.54, 1.807) is 0 Å². The molecule has 2 bridgehead atoms. The van der Waals surface area contributed by atoms with E-state index in [4.69, 9.17) is 14.2 Å². The van der Waals surface area contributed by atoms with E-state index >= 15 is 0 Å². The maximum atomic E-state index is 12.8. The number of carbonyl (C=O) groups excluding carboxylic acids is 1. The fourth-order valence-corrected chi connectivity index (χ4v) is 9.40. The smallest absolute Gasteiger partial charge is 0.319 e. The topological polar surface area (TPSA) is 92.3 Å². The predicted molar refractivity (Wildman–Crippen MR) is 220 cm³/mol. The average molecular weight is 752 g/mol. The van der Waals surface area contributed by atoms with Gasteiger partial charge in [0.25, 0.3) is 0 Å². The molecule has 2 aliphatic heterocycles. The Labute approximate surface area is 330 Å². The van der Waals surface area contributed by atoms with Crippen LogP contribution in [0.15, 0.2) is 127 Å². The van der Waals surface area contributed by atoms with Crippen LogP contribution in [-0.2, 0) is 22.6 Å². The molecule has 2 saturated heterocycles. The number of ether oxygens (including phenoxy) is 3. The van der Waals surface area contributed by atoms with Gasteiger partial charge in [-0.2, -0.15) is 0 Å². The number of rotatable bonds is 11. The number of anilines is 1. The summed E-state index contributed by atoms with van der Waals surface area (Å²) in [7, 11) is 0. The van der Waals surface area contributed by atoms with Gasteiger partial charge in [-0.15, -0.1) is 0 Å². The SMILES string of the molecule is CC1(C)CC2CC(C)(CN2CC2CC(c3ccc(CO)cc3)OC(c3cccc(-c4cccc(CNC(=O)Nc5ccc(Oc6ccccc6)cc5)c4)c3)O2)C1. The van der Waals surface area contributed by atoms with Gasteiger partial charge in [0, 0.05) is 43.3 Å². The van der Waals surface area contributed by atoms with E-state index in [0.29, 0.717) is 34.9 Å². The summed E-state index contributed by atoms with van der Waals surface area (Å²) >= 11 is 0. The molecule has 5 aromatic rings. The van der Waals surface area contributed by atoms with Crippen LogP contribution in [0.25, 0.3) is 11.1 Å². The first-order valence-corrected chi connectivity index (χ1v) is 19.9. The van der Waals surface area contributed by atoms with Crippen molar-refractivity contribution in [2.45, 2.75) is 84.1 Å². The number of para-hydroxylation sites is 1. The molecule has 2 heterocycles. The second kappa shape index (κ2) is 16.2. The van der Waals surface area contributed by atoms with Crippen molar-refractivity contribution in [3.63, 3.8) is 0 Å². The van der Waals surface area contributed by atoms with Gasteiger partial charge in [-0.1, -0.05) is 99.6 Å². The Hall–Kier alpha value is -4.99. The highest BCUT2D eigenvalue weighted by Crippen LogP contribution is 2.53. The maximum absolute atomic E-state index is 12.8. The molecule has 8 nitrogen and oxygen atoms in total. The number of hydrogen-bond donors (Lipinski definition) is 3. The van der Waals surface area contributed by atoms with Crippen molar-refractivity contribution in [3.05, 3.63) is 150 Å². The Bertz CT molecular complexity index is 2100. The van der Waals surface area contributed by atoms with E-state index in [9.17, 15) is 9.90 Å². The Morgan fingerprint density at radius 2 is 1.52 bits per heavy atom. The molecule has 290 valence electrons. The molecule has 56 heavy (non-hydrogen) atoms. The summed E-state index contributed by atoms with van der Waals surface area (Å²) in [4.78, 5) is 15.5. The van der Waals surface area contributed by atoms with Crippen LogP contribution < -0.4 is 15.4 Å². The highest BCUT2D eigenvalue weighted by molar-refractivity contribution is 5.89. The van der Waals surface area contributed by atoms with Crippen molar-refractivity contribution in [1.82, 2.24) is 10.2 Å². The van der Waals surface area contributed by atoms with Crippen molar-refractivity contribution in [2.75, 3.05) is 18.4 Å². The van der Waals surface area contributed by atoms with Crippen LogP contribution in [0.1, 0.15) is 81.1 Å². The van der Waals surface area contributed by atoms with Gasteiger partial charge in [-0.3, -0.25) is 4.90 Å². The zero-order chi connectivity index (χ0) is 38.7. The van der Waals surface area contributed by atoms with E-state index < -0.39 is 6.29 Å². The van der Waals surface area contributed by atoms with Crippen LogP contribution in [0.5, 0.6) is 11.5 Å². The molecule has 0 spiro atoms. The lowest BCUT2D eigenvalue weighted by Gasteiger charge is -2.41. The average Bonchev–Trinajstić information content (AvgIpc) is 3.44. The number of urea groups is 1. The van der Waals surface area contributed by atoms with Crippen LogP contribution in [0, 0.1) is 10.8 Å². The standard InChI is InChI=1S/C48H53N3O5/c1-47(2)26-40-27-48(3,31-47)32-51(40)29-43-25-44(35-17-15-33(30-52)16-18-35)56-45(55-43)38-12-8-11-37(24-38)36-10-7-9-34(23-36)28-49-46(53)50-39-19-21-42(22-20-39)54-41-13-5-4-6-14-41/h4-24,40,43-45,52H,25-32H2,1-3H3,(H2,49,50,53). The van der Waals surface area contributed by atoms with Crippen molar-refractivity contribution in [1.29, 1.82) is 0 Å². The van der Waals surface area contributed by atoms with Crippen LogP contribution in [0.4, 0.5) is 10.5 Å². The minimum Gasteiger partial charge on any atom is -0.457 e. The number of carbonyl (C=O) groups is 1. The third kappa shape index (κ3) is 9.17. The Morgan fingerprint density at radius 1 is 0.786 bits per heavy atom. The van der Waals surface area contributed by atoms with E-state index in [-0.39, 0.29) is 24.8 Å². The van der Waals surface area contributed by atoms with Gasteiger partial charge in [-0.05, 0) is 106 Å². The van der Waals surface area contributed by atoms with E-state index in [1.165, 1.54) is 19.3 Å². The fourth-order valence-electron chi connectivity index (χ4n) is 9.40. The Kier molecular flexibility index (Phi) is 11.0. The monoisotopic (exact) mass is 751 g/mol. The van der Waals surface area contributed by atoms with Gasteiger partial charge in [0.05, 0.1) is 18.8 Å². The second-order valence-corrected chi connectivity index (χ2v) is 17.1. The summed E-state index contributed by atoms with van der Waals surface area (Å²) in [6.45, 7) is 9.70. The molecule has 3 N–H and O–H groups in total. The van der Waals surface area contributed by atoms with Crippen molar-refractivity contribution in [2.24, 2.45) is 10.8 Å². The van der Waals surface area contributed by atoms with E-state index in [0.717, 1.165) is 58.6 Å². The molecule has 1 aliphatic carbocycles. The molecule has 8 rings (SSSR count). The molecule has 1 saturated carbocycles. The third-order valence-corrected chi connectivity index (χ3v) is 11.5. The van der Waals surface area contributed by atoms with Crippen molar-refractivity contribution < 1.29 is 24.1 Å². The number of benzene rings is 5. The summed E-state index contributed by atoms with van der Waals surface area (Å²) in [5, 5.41) is 15.6. The molecular weight excluding hydrogens is 699 g/mol. The number of amides is 2. The summed E-state index contributed by atoms with van der Waals surface area (Å²) in [6, 6.07) is 42.0. The first kappa shape index (κ1) is 37.9. The van der Waals surface area contributed by atoms with Gasteiger partial charge in [0.2, 0.25) is 0 Å². The molecule has 3 fully saturated rings. The minimum atomic E-state index is -0.530. The van der Waals surface area contributed by atoms with Crippen LogP contribution in [0.3, 0.4) is 0 Å². The molecule has 2 amide bonds. The zero-order valence-electron chi connectivity index (χ0n) is 32.6. The zero-order valence-corrected chi connectivity index (χ0v) is 32.6. The highest BCUT2D eigenvalue weighted by Gasteiger charge is 2.50. The quantitative estimate of drug-likeness (QED) is 0.124. The van der Waals surface area contributed by atoms with E-state index in [1.807, 2.05) is 78.9 Å². The van der Waals surface area contributed by atoms with Gasteiger partial charge in [0.1, 0.15) is 11.5 Å². The van der Waals surface area contributed by atoms with Gasteiger partial charge < -0.3 is 30.0 Å². The second-order valence-electron chi connectivity index (χ2n) is 17.1. The number of nitrogens with one attached hydrogen (secondary N) is 2. The number of hydrogen-bond acceptors (Lipinski definition) is 6. The van der Waals surface area contributed by atoms with Gasteiger partial charge in [-0.25, -0.2) is 4.79 Å². The lowest BCUT2D eigenvalue weighted by atomic mass is 9.65. The lowest BCUT2D eigenvalue weighted by Crippen LogP contribution is -2.42. The summed E-state index contributed by atoms with van der Waals surface area (Å²) in [5.41, 5.74) is 7.42. The first-order chi connectivity index (χ1) is 27.1. The number of nitrogens with zero attached hydrogens (tertiary/aromatic N) is 1. The number of aliphatic hydroxyl groups is 1. The Morgan fingerprint density at radius 3 is 2.29 bits per heavy atom. The van der Waals surface area contributed by atoms with Crippen LogP contribution in [0.2, 0.25) is 0 Å². The number of fused-ring (bicyclic) bond motifs is 2. The van der Waals surface area contributed by atoms with Crippen LogP contribution in [-0.4, -0.2) is 41.3 Å². The third-order valence-electron chi connectivity index (χ3n) is 11.5. The maximum Gasteiger partial charge on any atom is 0.319 e. The highest BCUT2D eigenvalue weighted by atomic mass is 16.7. The van der Waals surface area contributed by atoms with E-state index in [2.05, 4.69) is 84.8 Å². The predicted octanol–water partition coefficient (Wildman–Crippen LogP) is 10.4. The van der Waals surface area contributed by atoms with Crippen molar-refractivity contribution in [3.8, 4) is 22.6 Å². The normalized spacial score (nSPS) is 24.4. The number of likely N-dealkylation sites (tertiary alicyclic amines) is 1. The summed E-state index contributed by atoms with van der Waals surface area (Å²) in [6.07, 6.45) is 3.86. The molecule has 8 heteroatoms. The summed E-state index contributed by atoms with van der Waals surface area (Å²) in [5.74, 6) is 1.45. The Balaban J connectivity index is 0.935. The molecule has 0 aromatic heterocycles. The minimum absolute atomic E-state index is 0.00657.